The van der Waals surface area contributed by atoms with Crippen molar-refractivity contribution in [1.29, 1.82) is 0 Å². The van der Waals surface area contributed by atoms with Crippen LogP contribution in [-0.2, 0) is 11.3 Å². The summed E-state index contributed by atoms with van der Waals surface area (Å²) in [7, 11) is 0. The molecule has 0 radical (unpaired) electrons. The van der Waals surface area contributed by atoms with Crippen LogP contribution in [0, 0.1) is 0 Å². The maximum atomic E-state index is 11.6. The first-order valence-corrected chi connectivity index (χ1v) is 6.97. The van der Waals surface area contributed by atoms with E-state index < -0.39 is 5.97 Å². The van der Waals surface area contributed by atoms with Crippen molar-refractivity contribution in [2.75, 3.05) is 6.54 Å². The predicted molar refractivity (Wildman–Crippen MR) is 79.3 cm³/mol. The lowest BCUT2D eigenvalue weighted by Crippen LogP contribution is -2.35. The standard InChI is InChI=1S/C15H22N2O4/c1-11(2)21-13-7-4-3-6-12(13)10-17-15(20)16-9-5-8-14(18)19/h3-4,6-7,11H,5,8-10H2,1-2H3,(H,18,19)(H2,16,17,20). The number of carbonyl (C=O) groups is 2. The monoisotopic (exact) mass is 294 g/mol. The summed E-state index contributed by atoms with van der Waals surface area (Å²) in [5.41, 5.74) is 0.895. The van der Waals surface area contributed by atoms with Crippen LogP contribution in [0.4, 0.5) is 4.79 Å². The van der Waals surface area contributed by atoms with Crippen LogP contribution < -0.4 is 15.4 Å². The van der Waals surface area contributed by atoms with Crippen LogP contribution in [0.1, 0.15) is 32.3 Å². The maximum absolute atomic E-state index is 11.6. The number of urea groups is 1. The van der Waals surface area contributed by atoms with Crippen molar-refractivity contribution in [2.45, 2.75) is 39.3 Å². The van der Waals surface area contributed by atoms with Crippen LogP contribution >= 0.6 is 0 Å². The van der Waals surface area contributed by atoms with Gasteiger partial charge >= 0.3 is 12.0 Å². The Kier molecular flexibility index (Phi) is 7.08. The largest absolute Gasteiger partial charge is 0.491 e. The fraction of sp³-hybridized carbons (Fsp3) is 0.467. The maximum Gasteiger partial charge on any atom is 0.315 e. The summed E-state index contributed by atoms with van der Waals surface area (Å²) in [6.07, 6.45) is 0.525. The highest BCUT2D eigenvalue weighted by atomic mass is 16.5. The first-order valence-electron chi connectivity index (χ1n) is 6.97. The SMILES string of the molecule is CC(C)Oc1ccccc1CNC(=O)NCCCC(=O)O. The predicted octanol–water partition coefficient (Wildman–Crippen LogP) is 2.14. The molecule has 2 amide bonds. The molecule has 0 aliphatic rings. The summed E-state index contributed by atoms with van der Waals surface area (Å²) in [5, 5.41) is 13.8. The van der Waals surface area contributed by atoms with Gasteiger partial charge in [-0.25, -0.2) is 4.79 Å². The average Bonchev–Trinajstić information content (AvgIpc) is 2.42. The zero-order chi connectivity index (χ0) is 15.7. The molecule has 1 rings (SSSR count). The molecule has 0 unspecified atom stereocenters. The number of hydrogen-bond donors (Lipinski definition) is 3. The number of hydrogen-bond acceptors (Lipinski definition) is 3. The third-order valence-electron chi connectivity index (χ3n) is 2.63. The molecule has 6 heteroatoms. The van der Waals surface area contributed by atoms with E-state index in [1.807, 2.05) is 38.1 Å². The van der Waals surface area contributed by atoms with Crippen LogP contribution in [0.15, 0.2) is 24.3 Å². The van der Waals surface area contributed by atoms with Gasteiger partial charge in [0.25, 0.3) is 0 Å². The summed E-state index contributed by atoms with van der Waals surface area (Å²) in [6, 6.07) is 7.20. The molecule has 21 heavy (non-hydrogen) atoms. The van der Waals surface area contributed by atoms with Crippen molar-refractivity contribution in [3.63, 3.8) is 0 Å². The fourth-order valence-corrected chi connectivity index (χ4v) is 1.70. The van der Waals surface area contributed by atoms with E-state index in [4.69, 9.17) is 9.84 Å². The zero-order valence-electron chi connectivity index (χ0n) is 12.4. The number of para-hydroxylation sites is 1. The highest BCUT2D eigenvalue weighted by Gasteiger charge is 2.07. The Labute approximate surface area is 124 Å². The van der Waals surface area contributed by atoms with Gasteiger partial charge in [-0.1, -0.05) is 18.2 Å². The highest BCUT2D eigenvalue weighted by molar-refractivity contribution is 5.74. The van der Waals surface area contributed by atoms with Crippen molar-refractivity contribution < 1.29 is 19.4 Å². The molecule has 3 N–H and O–H groups in total. The van der Waals surface area contributed by atoms with Gasteiger partial charge in [-0.3, -0.25) is 4.79 Å². The topological polar surface area (TPSA) is 87.7 Å². The Morgan fingerprint density at radius 3 is 2.62 bits per heavy atom. The second-order valence-corrected chi connectivity index (χ2v) is 4.88. The van der Waals surface area contributed by atoms with E-state index in [-0.39, 0.29) is 18.6 Å². The van der Waals surface area contributed by atoms with Gasteiger partial charge in [0.1, 0.15) is 5.75 Å². The molecule has 116 valence electrons. The zero-order valence-corrected chi connectivity index (χ0v) is 12.4. The third kappa shape index (κ3) is 7.20. The van der Waals surface area contributed by atoms with Gasteiger partial charge in [0, 0.05) is 25.1 Å². The van der Waals surface area contributed by atoms with Crippen molar-refractivity contribution >= 4 is 12.0 Å². The minimum atomic E-state index is -0.864. The minimum absolute atomic E-state index is 0.0470. The lowest BCUT2D eigenvalue weighted by molar-refractivity contribution is -0.137. The van der Waals surface area contributed by atoms with Crippen LogP contribution in [0.2, 0.25) is 0 Å². The van der Waals surface area contributed by atoms with Gasteiger partial charge < -0.3 is 20.5 Å². The van der Waals surface area contributed by atoms with Gasteiger partial charge in [-0.05, 0) is 26.3 Å². The second kappa shape index (κ2) is 8.84. The normalized spacial score (nSPS) is 10.2. The van der Waals surface area contributed by atoms with Crippen LogP contribution in [0.5, 0.6) is 5.75 Å². The lowest BCUT2D eigenvalue weighted by atomic mass is 10.2. The molecule has 6 nitrogen and oxygen atoms in total. The molecule has 0 aromatic heterocycles. The summed E-state index contributed by atoms with van der Waals surface area (Å²) >= 11 is 0. The van der Waals surface area contributed by atoms with Crippen LogP contribution in [0.25, 0.3) is 0 Å². The molecule has 0 atom stereocenters. The van der Waals surface area contributed by atoms with Gasteiger partial charge in [0.15, 0.2) is 0 Å². The van der Waals surface area contributed by atoms with Gasteiger partial charge in [-0.15, -0.1) is 0 Å². The lowest BCUT2D eigenvalue weighted by Gasteiger charge is -2.14. The molecule has 0 aliphatic carbocycles. The Morgan fingerprint density at radius 1 is 1.24 bits per heavy atom. The number of amides is 2. The number of carboxylic acid groups (broad SMARTS) is 1. The first kappa shape index (κ1) is 16.8. The first-order chi connectivity index (χ1) is 9.99. The van der Waals surface area contributed by atoms with Crippen molar-refractivity contribution in [1.82, 2.24) is 10.6 Å². The van der Waals surface area contributed by atoms with Crippen LogP contribution in [-0.4, -0.2) is 29.8 Å². The van der Waals surface area contributed by atoms with E-state index in [0.29, 0.717) is 19.5 Å². The summed E-state index contributed by atoms with van der Waals surface area (Å²) in [5.74, 6) is -0.115. The number of aliphatic carboxylic acids is 1. The Morgan fingerprint density at radius 2 is 1.95 bits per heavy atom. The van der Waals surface area contributed by atoms with Crippen molar-refractivity contribution in [3.05, 3.63) is 29.8 Å². The molecule has 0 heterocycles. The van der Waals surface area contributed by atoms with Crippen molar-refractivity contribution in [2.24, 2.45) is 0 Å². The van der Waals surface area contributed by atoms with Gasteiger partial charge in [0.2, 0.25) is 0 Å². The molecule has 0 spiro atoms. The molecular weight excluding hydrogens is 272 g/mol. The number of nitrogens with one attached hydrogen (secondary N) is 2. The molecule has 0 fully saturated rings. The van der Waals surface area contributed by atoms with Gasteiger partial charge in [0.05, 0.1) is 6.10 Å². The second-order valence-electron chi connectivity index (χ2n) is 4.88. The molecule has 0 bridgehead atoms. The van der Waals surface area contributed by atoms with E-state index in [2.05, 4.69) is 10.6 Å². The Hall–Kier alpha value is -2.24. The van der Waals surface area contributed by atoms with E-state index in [1.165, 1.54) is 0 Å². The third-order valence-corrected chi connectivity index (χ3v) is 2.63. The van der Waals surface area contributed by atoms with E-state index in [9.17, 15) is 9.59 Å². The molecule has 1 aromatic carbocycles. The summed E-state index contributed by atoms with van der Waals surface area (Å²) in [6.45, 7) is 4.58. The number of ether oxygens (including phenoxy) is 1. The van der Waals surface area contributed by atoms with E-state index in [1.54, 1.807) is 0 Å². The Balaban J connectivity index is 2.37. The van der Waals surface area contributed by atoms with E-state index >= 15 is 0 Å². The fourth-order valence-electron chi connectivity index (χ4n) is 1.70. The number of carboxylic acids is 1. The Bertz CT molecular complexity index is 474. The summed E-state index contributed by atoms with van der Waals surface area (Å²) < 4.78 is 5.67. The quantitative estimate of drug-likeness (QED) is 0.641. The molecule has 1 aromatic rings. The number of rotatable bonds is 8. The molecule has 0 saturated carbocycles. The molecule has 0 aliphatic heterocycles. The minimum Gasteiger partial charge on any atom is -0.491 e. The van der Waals surface area contributed by atoms with Crippen LogP contribution in [0.3, 0.4) is 0 Å². The van der Waals surface area contributed by atoms with Crippen molar-refractivity contribution in [3.8, 4) is 5.75 Å². The smallest absolute Gasteiger partial charge is 0.315 e. The number of carbonyl (C=O) groups excluding carboxylic acids is 1. The average molecular weight is 294 g/mol. The number of benzene rings is 1. The molecular formula is C15H22N2O4. The summed E-state index contributed by atoms with van der Waals surface area (Å²) in [4.78, 5) is 21.9. The molecule has 0 saturated heterocycles. The van der Waals surface area contributed by atoms with Gasteiger partial charge in [-0.2, -0.15) is 0 Å². The van der Waals surface area contributed by atoms with E-state index in [0.717, 1.165) is 11.3 Å². The highest BCUT2D eigenvalue weighted by Crippen LogP contribution is 2.18.